The summed E-state index contributed by atoms with van der Waals surface area (Å²) < 4.78 is 57.8. The van der Waals surface area contributed by atoms with Crippen molar-refractivity contribution in [3.8, 4) is 0 Å². The van der Waals surface area contributed by atoms with E-state index in [9.17, 15) is 24.0 Å². The lowest BCUT2D eigenvalue weighted by atomic mass is 10.2. The molecule has 0 rings (SSSR count). The fraction of sp³-hybridized carbons (Fsp3) is 0.900. The first-order chi connectivity index (χ1) is 37.5. The lowest BCUT2D eigenvalue weighted by molar-refractivity contribution is -0.143. The van der Waals surface area contributed by atoms with Crippen LogP contribution in [-0.2, 0) is 80.8 Å². The SMILES string of the molecule is CCCCC(=O)O.COCCNCCOC.COCCNCCOC.COCCNCCOC.COCCNCCOC.COCCNCCOC.COCCNCCOC.O=C(O)CCC(=O)O.O=C(O)CCCC(=O)O. The molecule has 0 aliphatic rings. The molecule has 0 saturated heterocycles. The fourth-order valence-corrected chi connectivity index (χ4v) is 3.77. The molecule has 0 aliphatic carbocycles. The summed E-state index contributed by atoms with van der Waals surface area (Å²) in [5.41, 5.74) is 0. The molecule has 0 aliphatic heterocycles. The van der Waals surface area contributed by atoms with Crippen LogP contribution in [0.2, 0.25) is 0 Å². The summed E-state index contributed by atoms with van der Waals surface area (Å²) in [5, 5.41) is 58.7. The van der Waals surface area contributed by atoms with Crippen LogP contribution in [-0.4, -0.2) is 299 Å². The second-order valence-electron chi connectivity index (χ2n) is 14.8. The minimum atomic E-state index is -1.08. The van der Waals surface area contributed by atoms with Gasteiger partial charge in [-0.15, -0.1) is 0 Å². The summed E-state index contributed by atoms with van der Waals surface area (Å²) in [6.07, 6.45) is 1.58. The molecule has 0 atom stereocenters. The van der Waals surface area contributed by atoms with Crippen molar-refractivity contribution in [1.29, 1.82) is 0 Å². The highest BCUT2D eigenvalue weighted by Crippen LogP contribution is 1.94. The highest BCUT2D eigenvalue weighted by atomic mass is 16.5. The van der Waals surface area contributed by atoms with Gasteiger partial charge in [-0.3, -0.25) is 24.0 Å². The molecule has 0 amide bonds. The van der Waals surface area contributed by atoms with Gasteiger partial charge in [-0.2, -0.15) is 0 Å². The van der Waals surface area contributed by atoms with Crippen LogP contribution in [0.3, 0.4) is 0 Å². The number of methoxy groups -OCH3 is 12. The maximum Gasteiger partial charge on any atom is 0.303 e. The molecular weight excluding hydrogens is 1040 g/mol. The third kappa shape index (κ3) is 164. The zero-order chi connectivity index (χ0) is 61.2. The number of hydrogen-bond donors (Lipinski definition) is 11. The van der Waals surface area contributed by atoms with E-state index in [-0.39, 0.29) is 32.1 Å². The Labute approximate surface area is 468 Å². The first-order valence-electron chi connectivity index (χ1n) is 25.7. The number of hydrogen-bond acceptors (Lipinski definition) is 23. The molecule has 0 aromatic carbocycles. The Morgan fingerprint density at radius 3 is 0.462 bits per heavy atom. The minimum absolute atomic E-state index is 0.0632. The third-order valence-corrected chi connectivity index (χ3v) is 7.87. The zero-order valence-electron chi connectivity index (χ0n) is 50.3. The smallest absolute Gasteiger partial charge is 0.303 e. The van der Waals surface area contributed by atoms with Crippen molar-refractivity contribution >= 4 is 29.8 Å². The third-order valence-electron chi connectivity index (χ3n) is 7.87. The topological polar surface area (TPSA) is 369 Å². The van der Waals surface area contributed by atoms with Crippen LogP contribution in [0, 0.1) is 0 Å². The summed E-state index contributed by atoms with van der Waals surface area (Å²) in [6.45, 7) is 22.0. The predicted octanol–water partition coefficient (Wildman–Crippen LogP) is 0.736. The van der Waals surface area contributed by atoms with Crippen LogP contribution < -0.4 is 31.9 Å². The van der Waals surface area contributed by atoms with Crippen LogP contribution in [0.25, 0.3) is 0 Å². The van der Waals surface area contributed by atoms with E-state index in [4.69, 9.17) is 82.4 Å². The van der Waals surface area contributed by atoms with Gasteiger partial charge in [-0.25, -0.2) is 0 Å². The second kappa shape index (κ2) is 102. The maximum atomic E-state index is 9.79. The van der Waals surface area contributed by atoms with Crippen molar-refractivity contribution < 1.29 is 106 Å². The van der Waals surface area contributed by atoms with Gasteiger partial charge in [-0.1, -0.05) is 13.3 Å². The Hall–Kier alpha value is -3.37. The van der Waals surface area contributed by atoms with Crippen LogP contribution >= 0.6 is 0 Å². The number of carboxylic acid groups (broad SMARTS) is 5. The van der Waals surface area contributed by atoms with E-state index in [1.807, 2.05) is 6.92 Å². The van der Waals surface area contributed by atoms with Gasteiger partial charge in [0.25, 0.3) is 0 Å². The second-order valence-corrected chi connectivity index (χ2v) is 14.8. The van der Waals surface area contributed by atoms with Gasteiger partial charge in [0.2, 0.25) is 0 Å². The van der Waals surface area contributed by atoms with E-state index < -0.39 is 29.8 Å². The Bertz CT molecular complexity index is 913. The molecule has 0 aromatic rings. The van der Waals surface area contributed by atoms with Gasteiger partial charge in [0.05, 0.1) is 92.1 Å². The van der Waals surface area contributed by atoms with Crippen molar-refractivity contribution in [3.05, 3.63) is 0 Å². The summed E-state index contributed by atoms with van der Waals surface area (Å²) in [6, 6.07) is 0. The number of carbonyl (C=O) groups is 5. The molecule has 78 heavy (non-hydrogen) atoms. The normalized spacial score (nSPS) is 9.60. The van der Waals surface area contributed by atoms with E-state index >= 15 is 0 Å². The minimum Gasteiger partial charge on any atom is -0.481 e. The largest absolute Gasteiger partial charge is 0.481 e. The van der Waals surface area contributed by atoms with E-state index in [0.717, 1.165) is 171 Å². The molecule has 0 fully saturated rings. The summed E-state index contributed by atoms with van der Waals surface area (Å²) in [7, 11) is 20.3. The lowest BCUT2D eigenvalue weighted by Gasteiger charge is -2.01. The van der Waals surface area contributed by atoms with Crippen LogP contribution in [0.5, 0.6) is 0 Å². The van der Waals surface area contributed by atoms with Gasteiger partial charge in [0.1, 0.15) is 0 Å². The first kappa shape index (κ1) is 93.9. The first-order valence-corrected chi connectivity index (χ1v) is 25.7. The molecule has 0 unspecified atom stereocenters. The van der Waals surface area contributed by atoms with Crippen LogP contribution in [0.4, 0.5) is 0 Å². The summed E-state index contributed by atoms with van der Waals surface area (Å²) >= 11 is 0. The fourth-order valence-electron chi connectivity index (χ4n) is 3.77. The number of carboxylic acids is 5. The predicted molar refractivity (Wildman–Crippen MR) is 301 cm³/mol. The number of nitrogens with one attached hydrogen (secondary N) is 6. The van der Waals surface area contributed by atoms with Gasteiger partial charge < -0.3 is 114 Å². The van der Waals surface area contributed by atoms with E-state index in [0.29, 0.717) is 6.42 Å². The van der Waals surface area contributed by atoms with Crippen molar-refractivity contribution in [2.75, 3.05) is 243 Å². The maximum absolute atomic E-state index is 9.79. The highest BCUT2D eigenvalue weighted by molar-refractivity contribution is 5.75. The molecule has 0 aromatic heterocycles. The van der Waals surface area contributed by atoms with Gasteiger partial charge in [0.15, 0.2) is 0 Å². The molecule has 11 N–H and O–H groups in total. The number of aliphatic carboxylic acids is 5. The molecule has 0 bridgehead atoms. The van der Waals surface area contributed by atoms with Crippen molar-refractivity contribution in [2.24, 2.45) is 0 Å². The highest BCUT2D eigenvalue weighted by Gasteiger charge is 2.01. The standard InChI is InChI=1S/6C6H15NO2.C5H8O4.C5H10O2.C4H6O4/c6*1-8-5-3-7-4-6-9-2;6-4(7)2-1-3-5(8)9;1-2-3-4-5(6)7;5-3(6)1-2-4(7)8/h6*7H,3-6H2,1-2H3;1-3H2,(H,6,7)(H,8,9);2-4H2,1H3,(H,6,7);1-2H2,(H,5,6)(H,7,8). The average molecular weight is 1150 g/mol. The summed E-state index contributed by atoms with van der Waals surface area (Å²) in [5.74, 6) is -4.74. The van der Waals surface area contributed by atoms with Gasteiger partial charge in [0, 0.05) is 183 Å². The Balaban J connectivity index is -0.0000000982. The number of unbranched alkanes of at least 4 members (excludes halogenated alkanes) is 1. The van der Waals surface area contributed by atoms with Crippen LogP contribution in [0.15, 0.2) is 0 Å². The van der Waals surface area contributed by atoms with Crippen molar-refractivity contribution in [3.63, 3.8) is 0 Å². The molecule has 28 nitrogen and oxygen atoms in total. The zero-order valence-corrected chi connectivity index (χ0v) is 50.3. The molecule has 28 heteroatoms. The van der Waals surface area contributed by atoms with E-state index in [1.165, 1.54) is 0 Å². The van der Waals surface area contributed by atoms with Gasteiger partial charge in [-0.05, 0) is 12.8 Å². The van der Waals surface area contributed by atoms with Crippen molar-refractivity contribution in [1.82, 2.24) is 31.9 Å². The van der Waals surface area contributed by atoms with Crippen LogP contribution in [0.1, 0.15) is 58.3 Å². The molecule has 0 radical (unpaired) electrons. The molecular formula is C50H114N6O22. The van der Waals surface area contributed by atoms with E-state index in [1.54, 1.807) is 85.3 Å². The van der Waals surface area contributed by atoms with Gasteiger partial charge >= 0.3 is 29.8 Å². The molecule has 476 valence electrons. The van der Waals surface area contributed by atoms with Crippen molar-refractivity contribution in [2.45, 2.75) is 58.3 Å². The molecule has 0 spiro atoms. The quantitative estimate of drug-likeness (QED) is 0.0374. The Morgan fingerprint density at radius 1 is 0.244 bits per heavy atom. The molecule has 0 saturated carbocycles. The molecule has 0 heterocycles. The Morgan fingerprint density at radius 2 is 0.372 bits per heavy atom. The summed E-state index contributed by atoms with van der Waals surface area (Å²) in [4.78, 5) is 48.6. The average Bonchev–Trinajstić information content (AvgIpc) is 3.41. The number of rotatable bonds is 46. The monoisotopic (exact) mass is 1150 g/mol. The number of ether oxygens (including phenoxy) is 12. The lowest BCUT2D eigenvalue weighted by Crippen LogP contribution is -2.23. The Kier molecular flexibility index (Phi) is 123. The van der Waals surface area contributed by atoms with E-state index in [2.05, 4.69) is 31.9 Å².